The fraction of sp³-hybridized carbons (Fsp3) is 0.286. The standard InChI is InChI=1S/C21H23N3O4/c1-14(22-21(28)24-11-10-17(13-24)20(26)27)16-8-5-9-18(12-16)23-19(25)15-6-3-2-4-7-15/h2-9,12,14,17H,10-11,13H2,1H3,(H,22,28)(H,23,25)(H,26,27). The molecular formula is C21H23N3O4. The van der Waals surface area contributed by atoms with Crippen molar-refractivity contribution < 1.29 is 19.5 Å². The molecule has 0 radical (unpaired) electrons. The topological polar surface area (TPSA) is 98.7 Å². The highest BCUT2D eigenvalue weighted by Crippen LogP contribution is 2.20. The van der Waals surface area contributed by atoms with Gasteiger partial charge in [0, 0.05) is 24.3 Å². The third kappa shape index (κ3) is 4.68. The molecule has 3 amide bonds. The maximum atomic E-state index is 12.4. The first-order valence-electron chi connectivity index (χ1n) is 9.18. The van der Waals surface area contributed by atoms with Gasteiger partial charge in [-0.3, -0.25) is 9.59 Å². The molecule has 7 nitrogen and oxygen atoms in total. The van der Waals surface area contributed by atoms with E-state index in [4.69, 9.17) is 5.11 Å². The number of aliphatic carboxylic acids is 1. The summed E-state index contributed by atoms with van der Waals surface area (Å²) in [5.74, 6) is -1.57. The Bertz CT molecular complexity index is 869. The molecule has 1 saturated heterocycles. The predicted octanol–water partition coefficient (Wildman–Crippen LogP) is 3.12. The van der Waals surface area contributed by atoms with Crippen LogP contribution in [-0.4, -0.2) is 41.0 Å². The van der Waals surface area contributed by atoms with E-state index in [2.05, 4.69) is 10.6 Å². The molecule has 2 unspecified atom stereocenters. The summed E-state index contributed by atoms with van der Waals surface area (Å²) in [6, 6.07) is 15.6. The number of carboxylic acid groups (broad SMARTS) is 1. The van der Waals surface area contributed by atoms with Gasteiger partial charge in [0.15, 0.2) is 0 Å². The quantitative estimate of drug-likeness (QED) is 0.741. The molecule has 2 aromatic carbocycles. The average molecular weight is 381 g/mol. The molecule has 1 heterocycles. The zero-order chi connectivity index (χ0) is 20.1. The molecule has 7 heteroatoms. The highest BCUT2D eigenvalue weighted by molar-refractivity contribution is 6.04. The molecule has 0 aromatic heterocycles. The molecule has 0 spiro atoms. The number of anilines is 1. The molecular weight excluding hydrogens is 358 g/mol. The molecule has 0 saturated carbocycles. The van der Waals surface area contributed by atoms with Crippen molar-refractivity contribution in [3.63, 3.8) is 0 Å². The first kappa shape index (κ1) is 19.4. The van der Waals surface area contributed by atoms with Crippen LogP contribution in [0.25, 0.3) is 0 Å². The van der Waals surface area contributed by atoms with Crippen LogP contribution in [0.5, 0.6) is 0 Å². The van der Waals surface area contributed by atoms with Crippen molar-refractivity contribution in [1.29, 1.82) is 0 Å². The van der Waals surface area contributed by atoms with Crippen LogP contribution in [0.1, 0.15) is 35.3 Å². The lowest BCUT2D eigenvalue weighted by Gasteiger charge is -2.21. The number of carbonyl (C=O) groups excluding carboxylic acids is 2. The number of likely N-dealkylation sites (tertiary alicyclic amines) is 1. The van der Waals surface area contributed by atoms with Gasteiger partial charge in [-0.25, -0.2) is 4.79 Å². The molecule has 2 atom stereocenters. The van der Waals surface area contributed by atoms with Gasteiger partial charge in [0.05, 0.1) is 12.0 Å². The van der Waals surface area contributed by atoms with Crippen molar-refractivity contribution in [2.75, 3.05) is 18.4 Å². The van der Waals surface area contributed by atoms with Gasteiger partial charge >= 0.3 is 12.0 Å². The van der Waals surface area contributed by atoms with E-state index in [1.54, 1.807) is 30.3 Å². The fourth-order valence-electron chi connectivity index (χ4n) is 3.18. The number of nitrogens with zero attached hydrogens (tertiary/aromatic N) is 1. The molecule has 1 aliphatic heterocycles. The number of urea groups is 1. The van der Waals surface area contributed by atoms with Gasteiger partial charge in [-0.2, -0.15) is 0 Å². The Balaban J connectivity index is 1.61. The minimum Gasteiger partial charge on any atom is -0.481 e. The number of carboxylic acids is 1. The van der Waals surface area contributed by atoms with Crippen LogP contribution >= 0.6 is 0 Å². The van der Waals surface area contributed by atoms with Gasteiger partial charge in [0.25, 0.3) is 5.91 Å². The molecule has 2 aromatic rings. The van der Waals surface area contributed by atoms with Gasteiger partial charge in [0.2, 0.25) is 0 Å². The Labute approximate surface area is 163 Å². The van der Waals surface area contributed by atoms with Gasteiger partial charge in [0.1, 0.15) is 0 Å². The lowest BCUT2D eigenvalue weighted by molar-refractivity contribution is -0.141. The second kappa shape index (κ2) is 8.56. The van der Waals surface area contributed by atoms with Gasteiger partial charge < -0.3 is 20.6 Å². The van der Waals surface area contributed by atoms with Crippen LogP contribution in [0.2, 0.25) is 0 Å². The normalized spacial score (nSPS) is 17.0. The zero-order valence-corrected chi connectivity index (χ0v) is 15.6. The Morgan fingerprint density at radius 1 is 1.11 bits per heavy atom. The second-order valence-electron chi connectivity index (χ2n) is 6.89. The summed E-state index contributed by atoms with van der Waals surface area (Å²) < 4.78 is 0. The van der Waals surface area contributed by atoms with Crippen LogP contribution in [-0.2, 0) is 4.79 Å². The lowest BCUT2D eigenvalue weighted by Crippen LogP contribution is -2.40. The smallest absolute Gasteiger partial charge is 0.317 e. The van der Waals surface area contributed by atoms with E-state index in [9.17, 15) is 14.4 Å². The summed E-state index contributed by atoms with van der Waals surface area (Å²) in [6.45, 7) is 2.50. The lowest BCUT2D eigenvalue weighted by atomic mass is 10.1. The van der Waals surface area contributed by atoms with E-state index in [0.29, 0.717) is 24.2 Å². The van der Waals surface area contributed by atoms with Gasteiger partial charge in [-0.15, -0.1) is 0 Å². The first-order chi connectivity index (χ1) is 13.4. The molecule has 1 fully saturated rings. The predicted molar refractivity (Wildman–Crippen MR) is 105 cm³/mol. The van der Waals surface area contributed by atoms with E-state index in [0.717, 1.165) is 5.56 Å². The Hall–Kier alpha value is -3.35. The number of rotatable bonds is 5. The van der Waals surface area contributed by atoms with Crippen molar-refractivity contribution in [2.45, 2.75) is 19.4 Å². The van der Waals surface area contributed by atoms with Crippen LogP contribution in [0.3, 0.4) is 0 Å². The monoisotopic (exact) mass is 381 g/mol. The van der Waals surface area contributed by atoms with E-state index < -0.39 is 11.9 Å². The molecule has 28 heavy (non-hydrogen) atoms. The average Bonchev–Trinajstić information content (AvgIpc) is 3.19. The maximum absolute atomic E-state index is 12.4. The van der Waals surface area contributed by atoms with Crippen molar-refractivity contribution in [3.8, 4) is 0 Å². The van der Waals surface area contributed by atoms with Crippen LogP contribution in [0, 0.1) is 5.92 Å². The van der Waals surface area contributed by atoms with Crippen LogP contribution < -0.4 is 10.6 Å². The van der Waals surface area contributed by atoms with Crippen molar-refractivity contribution in [3.05, 3.63) is 65.7 Å². The number of amides is 3. The molecule has 0 aliphatic carbocycles. The molecule has 1 aliphatic rings. The summed E-state index contributed by atoms with van der Waals surface area (Å²) in [5, 5.41) is 14.8. The Morgan fingerprint density at radius 3 is 2.54 bits per heavy atom. The number of carbonyl (C=O) groups is 3. The summed E-state index contributed by atoms with van der Waals surface area (Å²) in [5.41, 5.74) is 2.05. The highest BCUT2D eigenvalue weighted by Gasteiger charge is 2.31. The number of nitrogens with one attached hydrogen (secondary N) is 2. The Morgan fingerprint density at radius 2 is 1.86 bits per heavy atom. The molecule has 0 bridgehead atoms. The minimum absolute atomic E-state index is 0.203. The SMILES string of the molecule is CC(NC(=O)N1CCC(C(=O)O)C1)c1cccc(NC(=O)c2ccccc2)c1. The van der Waals surface area contributed by atoms with Crippen molar-refractivity contribution >= 4 is 23.6 Å². The second-order valence-corrected chi connectivity index (χ2v) is 6.89. The summed E-state index contributed by atoms with van der Waals surface area (Å²) in [4.78, 5) is 37.3. The van der Waals surface area contributed by atoms with Crippen LogP contribution in [0.15, 0.2) is 54.6 Å². The third-order valence-corrected chi connectivity index (χ3v) is 4.85. The maximum Gasteiger partial charge on any atom is 0.317 e. The summed E-state index contributed by atoms with van der Waals surface area (Å²) in [7, 11) is 0. The number of hydrogen-bond donors (Lipinski definition) is 3. The van der Waals surface area contributed by atoms with E-state index in [1.807, 2.05) is 31.2 Å². The van der Waals surface area contributed by atoms with Gasteiger partial charge in [-0.05, 0) is 43.2 Å². The van der Waals surface area contributed by atoms with E-state index in [1.165, 1.54) is 4.90 Å². The van der Waals surface area contributed by atoms with Crippen molar-refractivity contribution in [2.24, 2.45) is 5.92 Å². The molecule has 146 valence electrons. The van der Waals surface area contributed by atoms with E-state index >= 15 is 0 Å². The molecule has 3 rings (SSSR count). The van der Waals surface area contributed by atoms with Crippen LogP contribution in [0.4, 0.5) is 10.5 Å². The van der Waals surface area contributed by atoms with Crippen molar-refractivity contribution in [1.82, 2.24) is 10.2 Å². The third-order valence-electron chi connectivity index (χ3n) is 4.85. The zero-order valence-electron chi connectivity index (χ0n) is 15.6. The fourth-order valence-corrected chi connectivity index (χ4v) is 3.18. The molecule has 3 N–H and O–H groups in total. The number of hydrogen-bond acceptors (Lipinski definition) is 3. The van der Waals surface area contributed by atoms with Gasteiger partial charge in [-0.1, -0.05) is 30.3 Å². The van der Waals surface area contributed by atoms with E-state index in [-0.39, 0.29) is 24.5 Å². The summed E-state index contributed by atoms with van der Waals surface area (Å²) in [6.07, 6.45) is 0.470. The highest BCUT2D eigenvalue weighted by atomic mass is 16.4. The minimum atomic E-state index is -0.870. The Kier molecular flexibility index (Phi) is 5.93. The first-order valence-corrected chi connectivity index (χ1v) is 9.18. The summed E-state index contributed by atoms with van der Waals surface area (Å²) >= 11 is 0. The largest absolute Gasteiger partial charge is 0.481 e. The number of benzene rings is 2.